The Bertz CT molecular complexity index is 538. The van der Waals surface area contributed by atoms with Crippen LogP contribution in [0.4, 0.5) is 0 Å². The first-order chi connectivity index (χ1) is 8.83. The molecule has 18 heavy (non-hydrogen) atoms. The van der Waals surface area contributed by atoms with Crippen molar-refractivity contribution in [3.05, 3.63) is 48.0 Å². The molecule has 1 atom stereocenters. The van der Waals surface area contributed by atoms with Crippen LogP contribution in [0.1, 0.15) is 12.0 Å². The van der Waals surface area contributed by atoms with Gasteiger partial charge < -0.3 is 10.5 Å². The summed E-state index contributed by atoms with van der Waals surface area (Å²) in [6, 6.07) is 15.1. The van der Waals surface area contributed by atoms with Crippen LogP contribution < -0.4 is 5.73 Å². The van der Waals surface area contributed by atoms with E-state index in [2.05, 4.69) is 42.5 Å². The highest BCUT2D eigenvalue weighted by molar-refractivity contribution is 5.85. The third-order valence-corrected chi connectivity index (χ3v) is 4.06. The number of fused-ring (bicyclic) bond motifs is 1. The number of hydrogen-bond donors (Lipinski definition) is 1. The molecule has 0 saturated carbocycles. The van der Waals surface area contributed by atoms with Gasteiger partial charge in [0.05, 0.1) is 6.61 Å². The van der Waals surface area contributed by atoms with Gasteiger partial charge in [0, 0.05) is 18.6 Å². The van der Waals surface area contributed by atoms with E-state index >= 15 is 0 Å². The first kappa shape index (κ1) is 11.7. The molecule has 1 aliphatic rings. The maximum absolute atomic E-state index is 5.98. The van der Waals surface area contributed by atoms with Crippen molar-refractivity contribution >= 4 is 10.8 Å². The second-order valence-corrected chi connectivity index (χ2v) is 5.32. The second-order valence-electron chi connectivity index (χ2n) is 5.32. The number of hydrogen-bond acceptors (Lipinski definition) is 2. The molecule has 2 N–H and O–H groups in total. The molecule has 3 rings (SSSR count). The Morgan fingerprint density at radius 2 is 1.94 bits per heavy atom. The Labute approximate surface area is 108 Å². The van der Waals surface area contributed by atoms with E-state index in [1.54, 1.807) is 0 Å². The zero-order valence-electron chi connectivity index (χ0n) is 10.6. The normalized spacial score (nSPS) is 23.6. The molecule has 94 valence electrons. The van der Waals surface area contributed by atoms with E-state index in [1.807, 2.05) is 0 Å². The van der Waals surface area contributed by atoms with Gasteiger partial charge in [-0.05, 0) is 29.2 Å². The minimum absolute atomic E-state index is 0.143. The van der Waals surface area contributed by atoms with Gasteiger partial charge >= 0.3 is 0 Å². The third-order valence-electron chi connectivity index (χ3n) is 4.06. The number of benzene rings is 2. The van der Waals surface area contributed by atoms with Gasteiger partial charge in [-0.15, -0.1) is 0 Å². The van der Waals surface area contributed by atoms with Crippen LogP contribution in [0.3, 0.4) is 0 Å². The first-order valence-corrected chi connectivity index (χ1v) is 6.57. The van der Waals surface area contributed by atoms with Crippen molar-refractivity contribution in [1.82, 2.24) is 0 Å². The average molecular weight is 241 g/mol. The van der Waals surface area contributed by atoms with Crippen molar-refractivity contribution in [2.45, 2.75) is 12.8 Å². The fourth-order valence-electron chi connectivity index (χ4n) is 2.87. The van der Waals surface area contributed by atoms with Crippen LogP contribution in [-0.4, -0.2) is 19.8 Å². The molecule has 1 saturated heterocycles. The smallest absolute Gasteiger partial charge is 0.0538 e. The Hall–Kier alpha value is -1.38. The Balaban J connectivity index is 1.99. The van der Waals surface area contributed by atoms with Crippen molar-refractivity contribution in [3.8, 4) is 0 Å². The van der Waals surface area contributed by atoms with Gasteiger partial charge in [0.25, 0.3) is 0 Å². The summed E-state index contributed by atoms with van der Waals surface area (Å²) in [7, 11) is 0. The van der Waals surface area contributed by atoms with Crippen molar-refractivity contribution in [3.63, 3.8) is 0 Å². The molecule has 2 nitrogen and oxygen atoms in total. The van der Waals surface area contributed by atoms with E-state index in [1.165, 1.54) is 16.3 Å². The first-order valence-electron chi connectivity index (χ1n) is 6.57. The van der Waals surface area contributed by atoms with Crippen molar-refractivity contribution in [2.24, 2.45) is 11.1 Å². The zero-order chi connectivity index (χ0) is 12.4. The second kappa shape index (κ2) is 4.71. The molecule has 1 aliphatic heterocycles. The predicted molar refractivity (Wildman–Crippen MR) is 74.6 cm³/mol. The molecule has 0 aromatic heterocycles. The predicted octanol–water partition coefficient (Wildman–Crippen LogP) is 2.75. The molecular weight excluding hydrogens is 222 g/mol. The van der Waals surface area contributed by atoms with Gasteiger partial charge in [-0.3, -0.25) is 0 Å². The average Bonchev–Trinajstić information content (AvgIpc) is 2.88. The van der Waals surface area contributed by atoms with E-state index in [-0.39, 0.29) is 5.41 Å². The molecule has 2 aromatic rings. The summed E-state index contributed by atoms with van der Waals surface area (Å²) in [6.45, 7) is 2.35. The van der Waals surface area contributed by atoms with E-state index in [4.69, 9.17) is 10.5 Å². The van der Waals surface area contributed by atoms with Crippen LogP contribution in [0, 0.1) is 5.41 Å². The lowest BCUT2D eigenvalue weighted by Gasteiger charge is -2.26. The lowest BCUT2D eigenvalue weighted by atomic mass is 9.80. The largest absolute Gasteiger partial charge is 0.381 e. The molecule has 1 fully saturated rings. The van der Waals surface area contributed by atoms with Crippen LogP contribution in [-0.2, 0) is 11.2 Å². The molecule has 0 radical (unpaired) electrons. The summed E-state index contributed by atoms with van der Waals surface area (Å²) < 4.78 is 5.56. The van der Waals surface area contributed by atoms with Crippen molar-refractivity contribution in [2.75, 3.05) is 19.8 Å². The minimum Gasteiger partial charge on any atom is -0.381 e. The number of ether oxygens (including phenoxy) is 1. The summed E-state index contributed by atoms with van der Waals surface area (Å²) in [5, 5.41) is 2.65. The van der Waals surface area contributed by atoms with E-state index in [9.17, 15) is 0 Å². The summed E-state index contributed by atoms with van der Waals surface area (Å²) in [5.41, 5.74) is 7.52. The molecular formula is C16H19NO. The van der Waals surface area contributed by atoms with Crippen LogP contribution in [0.5, 0.6) is 0 Å². The van der Waals surface area contributed by atoms with Gasteiger partial charge in [-0.1, -0.05) is 42.5 Å². The standard InChI is InChI=1S/C16H19NO/c17-11-16(8-9-18-12-16)10-14-6-3-5-13-4-1-2-7-15(13)14/h1-7H,8-12,17H2. The molecule has 0 aliphatic carbocycles. The molecule has 1 heterocycles. The fourth-order valence-corrected chi connectivity index (χ4v) is 2.87. The molecule has 0 spiro atoms. The molecule has 2 heteroatoms. The quantitative estimate of drug-likeness (QED) is 0.896. The number of nitrogens with two attached hydrogens (primary N) is 1. The topological polar surface area (TPSA) is 35.2 Å². The van der Waals surface area contributed by atoms with Gasteiger partial charge in [0.15, 0.2) is 0 Å². The van der Waals surface area contributed by atoms with Crippen LogP contribution in [0.25, 0.3) is 10.8 Å². The highest BCUT2D eigenvalue weighted by Gasteiger charge is 2.33. The maximum atomic E-state index is 5.98. The Kier molecular flexibility index (Phi) is 3.06. The van der Waals surface area contributed by atoms with Gasteiger partial charge in [-0.2, -0.15) is 0 Å². The third kappa shape index (κ3) is 2.02. The highest BCUT2D eigenvalue weighted by Crippen LogP contribution is 2.33. The lowest BCUT2D eigenvalue weighted by Crippen LogP contribution is -2.33. The fraction of sp³-hybridized carbons (Fsp3) is 0.375. The van der Waals surface area contributed by atoms with Crippen LogP contribution in [0.2, 0.25) is 0 Å². The van der Waals surface area contributed by atoms with Crippen molar-refractivity contribution in [1.29, 1.82) is 0 Å². The van der Waals surface area contributed by atoms with Gasteiger partial charge in [0.2, 0.25) is 0 Å². The van der Waals surface area contributed by atoms with E-state index in [0.717, 1.165) is 26.1 Å². The van der Waals surface area contributed by atoms with Gasteiger partial charge in [0.1, 0.15) is 0 Å². The SMILES string of the molecule is NCC1(Cc2cccc3ccccc23)CCOC1. The summed E-state index contributed by atoms with van der Waals surface area (Å²) in [4.78, 5) is 0. The Morgan fingerprint density at radius 1 is 1.11 bits per heavy atom. The molecule has 0 bridgehead atoms. The summed E-state index contributed by atoms with van der Waals surface area (Å²) in [6.07, 6.45) is 2.09. The number of rotatable bonds is 3. The van der Waals surface area contributed by atoms with E-state index in [0.29, 0.717) is 6.54 Å². The highest BCUT2D eigenvalue weighted by atomic mass is 16.5. The van der Waals surface area contributed by atoms with Crippen LogP contribution >= 0.6 is 0 Å². The van der Waals surface area contributed by atoms with Crippen molar-refractivity contribution < 1.29 is 4.74 Å². The maximum Gasteiger partial charge on any atom is 0.0538 e. The molecule has 1 unspecified atom stereocenters. The summed E-state index contributed by atoms with van der Waals surface area (Å²) >= 11 is 0. The molecule has 2 aromatic carbocycles. The molecule has 0 amide bonds. The lowest BCUT2D eigenvalue weighted by molar-refractivity contribution is 0.155. The zero-order valence-corrected chi connectivity index (χ0v) is 10.6. The van der Waals surface area contributed by atoms with Gasteiger partial charge in [-0.25, -0.2) is 0 Å². The Morgan fingerprint density at radius 3 is 2.72 bits per heavy atom. The monoisotopic (exact) mass is 241 g/mol. The minimum atomic E-state index is 0.143. The van der Waals surface area contributed by atoms with E-state index < -0.39 is 0 Å². The van der Waals surface area contributed by atoms with Crippen LogP contribution in [0.15, 0.2) is 42.5 Å². The summed E-state index contributed by atoms with van der Waals surface area (Å²) in [5.74, 6) is 0.